The Balaban J connectivity index is 2.01. The number of carbonyl (C=O) groups is 1. The van der Waals surface area contributed by atoms with Crippen LogP contribution in [0.4, 0.5) is 5.00 Å². The molecule has 0 aliphatic rings. The van der Waals surface area contributed by atoms with Crippen molar-refractivity contribution in [1.29, 1.82) is 0 Å². The van der Waals surface area contributed by atoms with Crippen molar-refractivity contribution in [2.45, 2.75) is 32.9 Å². The number of likely N-dealkylation sites (N-methyl/N-ethyl adjacent to an activating group) is 1. The Morgan fingerprint density at radius 1 is 1.18 bits per heavy atom. The van der Waals surface area contributed by atoms with Crippen molar-refractivity contribution < 1.29 is 4.79 Å². The van der Waals surface area contributed by atoms with Crippen molar-refractivity contribution >= 4 is 22.2 Å². The van der Waals surface area contributed by atoms with Crippen LogP contribution in [0.25, 0.3) is 0 Å². The molecule has 0 saturated carbocycles. The third-order valence-corrected chi connectivity index (χ3v) is 4.49. The molecule has 1 unspecified atom stereocenters. The number of hydrogen-bond acceptors (Lipinski definition) is 3. The molecule has 0 saturated heterocycles. The predicted molar refractivity (Wildman–Crippen MR) is 94.3 cm³/mol. The van der Waals surface area contributed by atoms with Crippen LogP contribution < -0.4 is 4.90 Å². The molecule has 0 fully saturated rings. The van der Waals surface area contributed by atoms with E-state index in [0.717, 1.165) is 18.1 Å². The Labute approximate surface area is 137 Å². The molecule has 118 valence electrons. The van der Waals surface area contributed by atoms with E-state index in [2.05, 4.69) is 43.1 Å². The molecule has 2 aromatic rings. The second kappa shape index (κ2) is 8.11. The van der Waals surface area contributed by atoms with Crippen LogP contribution in [0.1, 0.15) is 25.8 Å². The molecule has 1 atom stereocenters. The smallest absolute Gasteiger partial charge is 0.227 e. The average Bonchev–Trinajstić information content (AvgIpc) is 3.02. The number of amides is 1. The van der Waals surface area contributed by atoms with E-state index in [1.807, 2.05) is 35.4 Å². The van der Waals surface area contributed by atoms with Gasteiger partial charge in [0.1, 0.15) is 0 Å². The SMILES string of the molecule is CCC(=O)N(c1cccs1)C(C)CN(C)Cc1ccccc1. The summed E-state index contributed by atoms with van der Waals surface area (Å²) in [6, 6.07) is 14.6. The van der Waals surface area contributed by atoms with Gasteiger partial charge in [-0.05, 0) is 37.0 Å². The highest BCUT2D eigenvalue weighted by Gasteiger charge is 2.22. The van der Waals surface area contributed by atoms with Crippen molar-refractivity contribution in [3.8, 4) is 0 Å². The molecule has 0 aliphatic heterocycles. The Morgan fingerprint density at radius 3 is 2.50 bits per heavy atom. The second-order valence-corrected chi connectivity index (χ2v) is 6.53. The van der Waals surface area contributed by atoms with Gasteiger partial charge in [-0.15, -0.1) is 11.3 Å². The lowest BCUT2D eigenvalue weighted by Crippen LogP contribution is -2.44. The second-order valence-electron chi connectivity index (χ2n) is 5.60. The third-order valence-electron chi connectivity index (χ3n) is 3.63. The maximum atomic E-state index is 12.3. The van der Waals surface area contributed by atoms with Gasteiger partial charge in [0, 0.05) is 25.6 Å². The number of hydrogen-bond donors (Lipinski definition) is 0. The van der Waals surface area contributed by atoms with Gasteiger partial charge >= 0.3 is 0 Å². The average molecular weight is 316 g/mol. The monoisotopic (exact) mass is 316 g/mol. The largest absolute Gasteiger partial charge is 0.300 e. The fourth-order valence-corrected chi connectivity index (χ4v) is 3.50. The number of carbonyl (C=O) groups excluding carboxylic acids is 1. The molecule has 1 heterocycles. The minimum atomic E-state index is 0.153. The zero-order valence-electron chi connectivity index (χ0n) is 13.5. The predicted octanol–water partition coefficient (Wildman–Crippen LogP) is 4.01. The summed E-state index contributed by atoms with van der Waals surface area (Å²) in [4.78, 5) is 16.5. The number of benzene rings is 1. The van der Waals surface area contributed by atoms with E-state index in [9.17, 15) is 4.79 Å². The molecule has 0 aliphatic carbocycles. The van der Waals surface area contributed by atoms with Gasteiger partial charge in [-0.25, -0.2) is 0 Å². The summed E-state index contributed by atoms with van der Waals surface area (Å²) >= 11 is 1.62. The summed E-state index contributed by atoms with van der Waals surface area (Å²) in [6.45, 7) is 5.78. The molecule has 2 rings (SSSR count). The first-order valence-corrected chi connectivity index (χ1v) is 8.57. The summed E-state index contributed by atoms with van der Waals surface area (Å²) in [5, 5.41) is 3.05. The van der Waals surface area contributed by atoms with Crippen molar-refractivity contribution in [3.05, 3.63) is 53.4 Å². The van der Waals surface area contributed by atoms with E-state index in [1.54, 1.807) is 11.3 Å². The first-order valence-electron chi connectivity index (χ1n) is 7.69. The Hall–Kier alpha value is -1.65. The number of anilines is 1. The summed E-state index contributed by atoms with van der Waals surface area (Å²) in [6.07, 6.45) is 0.532. The lowest BCUT2D eigenvalue weighted by Gasteiger charge is -2.31. The number of rotatable bonds is 7. The van der Waals surface area contributed by atoms with Crippen LogP contribution in [0.15, 0.2) is 47.8 Å². The third kappa shape index (κ3) is 4.42. The molecule has 0 radical (unpaired) electrons. The normalized spacial score (nSPS) is 12.4. The van der Waals surface area contributed by atoms with Crippen LogP contribution in [0.2, 0.25) is 0 Å². The molecule has 0 spiro atoms. The summed E-state index contributed by atoms with van der Waals surface area (Å²) < 4.78 is 0. The molecule has 4 heteroatoms. The quantitative estimate of drug-likeness (QED) is 0.770. The molecule has 3 nitrogen and oxygen atoms in total. The van der Waals surface area contributed by atoms with Gasteiger partial charge in [0.2, 0.25) is 5.91 Å². The molecule has 0 N–H and O–H groups in total. The van der Waals surface area contributed by atoms with Gasteiger partial charge in [-0.3, -0.25) is 9.69 Å². The van der Waals surface area contributed by atoms with Crippen molar-refractivity contribution in [2.75, 3.05) is 18.5 Å². The van der Waals surface area contributed by atoms with Crippen LogP contribution in [0, 0.1) is 0 Å². The highest BCUT2D eigenvalue weighted by Crippen LogP contribution is 2.24. The van der Waals surface area contributed by atoms with Crippen molar-refractivity contribution in [1.82, 2.24) is 4.90 Å². The van der Waals surface area contributed by atoms with Gasteiger partial charge in [-0.2, -0.15) is 0 Å². The van der Waals surface area contributed by atoms with E-state index in [0.29, 0.717) is 6.42 Å². The van der Waals surface area contributed by atoms with Crippen LogP contribution in [0.3, 0.4) is 0 Å². The fourth-order valence-electron chi connectivity index (χ4n) is 2.66. The molecular formula is C18H24N2OS. The number of nitrogens with zero attached hydrogens (tertiary/aromatic N) is 2. The standard InChI is InChI=1S/C18H24N2OS/c1-4-17(21)20(18-11-8-12-22-18)15(2)13-19(3)14-16-9-6-5-7-10-16/h5-12,15H,4,13-14H2,1-3H3. The highest BCUT2D eigenvalue weighted by atomic mass is 32.1. The summed E-state index contributed by atoms with van der Waals surface area (Å²) in [7, 11) is 2.10. The molecule has 1 amide bonds. The van der Waals surface area contributed by atoms with Crippen molar-refractivity contribution in [3.63, 3.8) is 0 Å². The van der Waals surface area contributed by atoms with Gasteiger partial charge in [0.25, 0.3) is 0 Å². The van der Waals surface area contributed by atoms with Gasteiger partial charge < -0.3 is 4.90 Å². The van der Waals surface area contributed by atoms with E-state index in [-0.39, 0.29) is 11.9 Å². The van der Waals surface area contributed by atoms with Crippen LogP contribution in [-0.2, 0) is 11.3 Å². The molecule has 1 aromatic heterocycles. The summed E-state index contributed by atoms with van der Waals surface area (Å²) in [5.74, 6) is 0.183. The molecule has 0 bridgehead atoms. The minimum absolute atomic E-state index is 0.153. The Kier molecular flexibility index (Phi) is 6.16. The van der Waals surface area contributed by atoms with Gasteiger partial charge in [0.15, 0.2) is 0 Å². The van der Waals surface area contributed by atoms with Crippen molar-refractivity contribution in [2.24, 2.45) is 0 Å². The minimum Gasteiger partial charge on any atom is -0.300 e. The molecule has 22 heavy (non-hydrogen) atoms. The highest BCUT2D eigenvalue weighted by molar-refractivity contribution is 7.14. The Morgan fingerprint density at radius 2 is 1.91 bits per heavy atom. The topological polar surface area (TPSA) is 23.6 Å². The first kappa shape index (κ1) is 16.7. The van der Waals surface area contributed by atoms with Gasteiger partial charge in [-0.1, -0.05) is 37.3 Å². The summed E-state index contributed by atoms with van der Waals surface area (Å²) in [5.41, 5.74) is 1.29. The van der Waals surface area contributed by atoms with E-state index >= 15 is 0 Å². The first-order chi connectivity index (χ1) is 10.6. The fraction of sp³-hybridized carbons (Fsp3) is 0.389. The molecule has 1 aromatic carbocycles. The van der Waals surface area contributed by atoms with Gasteiger partial charge in [0.05, 0.1) is 5.00 Å². The lowest BCUT2D eigenvalue weighted by atomic mass is 10.2. The number of thiophene rings is 1. The Bertz CT molecular complexity index is 568. The molecular weight excluding hydrogens is 292 g/mol. The van der Waals surface area contributed by atoms with Crippen LogP contribution >= 0.6 is 11.3 Å². The zero-order chi connectivity index (χ0) is 15.9. The van der Waals surface area contributed by atoms with E-state index in [4.69, 9.17) is 0 Å². The van der Waals surface area contributed by atoms with E-state index < -0.39 is 0 Å². The maximum Gasteiger partial charge on any atom is 0.227 e. The van der Waals surface area contributed by atoms with Crippen LogP contribution in [-0.4, -0.2) is 30.4 Å². The van der Waals surface area contributed by atoms with E-state index in [1.165, 1.54) is 5.56 Å². The zero-order valence-corrected chi connectivity index (χ0v) is 14.3. The maximum absolute atomic E-state index is 12.3. The van der Waals surface area contributed by atoms with Crippen LogP contribution in [0.5, 0.6) is 0 Å². The lowest BCUT2D eigenvalue weighted by molar-refractivity contribution is -0.118.